The van der Waals surface area contributed by atoms with E-state index in [1.165, 1.54) is 12.1 Å². The molecule has 0 aliphatic carbocycles. The van der Waals surface area contributed by atoms with Gasteiger partial charge in [0, 0.05) is 16.3 Å². The van der Waals surface area contributed by atoms with Crippen molar-refractivity contribution < 1.29 is 9.18 Å². The summed E-state index contributed by atoms with van der Waals surface area (Å²) in [4.78, 5) is 10.9. The number of carbonyl (C=O) groups is 1. The highest BCUT2D eigenvalue weighted by Crippen LogP contribution is 2.18. The van der Waals surface area contributed by atoms with Gasteiger partial charge in [0.15, 0.2) is 12.5 Å². The minimum absolute atomic E-state index is 0.144. The SMILES string of the molecule is Nc1ccc(Cl)cc1C(=O)CF. The predicted molar refractivity (Wildman–Crippen MR) is 46.2 cm³/mol. The fourth-order valence-electron chi connectivity index (χ4n) is 0.842. The average Bonchev–Trinajstić information content (AvgIpc) is 2.08. The van der Waals surface area contributed by atoms with E-state index in [4.69, 9.17) is 17.3 Å². The largest absolute Gasteiger partial charge is 0.398 e. The highest BCUT2D eigenvalue weighted by Gasteiger charge is 2.08. The molecule has 0 radical (unpaired) electrons. The van der Waals surface area contributed by atoms with Crippen molar-refractivity contribution >= 4 is 23.1 Å². The van der Waals surface area contributed by atoms with Crippen LogP contribution in [0.2, 0.25) is 5.02 Å². The molecule has 0 saturated heterocycles. The van der Waals surface area contributed by atoms with E-state index in [1.807, 2.05) is 0 Å². The number of nitrogens with two attached hydrogens (primary N) is 1. The number of benzene rings is 1. The van der Waals surface area contributed by atoms with Crippen molar-refractivity contribution in [2.75, 3.05) is 12.4 Å². The van der Waals surface area contributed by atoms with E-state index in [0.717, 1.165) is 0 Å². The van der Waals surface area contributed by atoms with E-state index < -0.39 is 12.5 Å². The molecular formula is C8H7ClFNO. The van der Waals surface area contributed by atoms with Gasteiger partial charge >= 0.3 is 0 Å². The lowest BCUT2D eigenvalue weighted by Gasteiger charge is -2.01. The Bertz CT molecular complexity index is 314. The molecule has 4 heteroatoms. The van der Waals surface area contributed by atoms with Gasteiger partial charge in [-0.25, -0.2) is 4.39 Å². The molecule has 1 aromatic carbocycles. The Labute approximate surface area is 74.1 Å². The van der Waals surface area contributed by atoms with Crippen LogP contribution in [0.1, 0.15) is 10.4 Å². The number of nitrogen functional groups attached to an aromatic ring is 1. The summed E-state index contributed by atoms with van der Waals surface area (Å²) < 4.78 is 11.9. The van der Waals surface area contributed by atoms with Crippen LogP contribution < -0.4 is 5.73 Å². The van der Waals surface area contributed by atoms with Gasteiger partial charge in [-0.1, -0.05) is 11.6 Å². The topological polar surface area (TPSA) is 43.1 Å². The van der Waals surface area contributed by atoms with Crippen LogP contribution >= 0.6 is 11.6 Å². The van der Waals surface area contributed by atoms with Gasteiger partial charge in [0.2, 0.25) is 0 Å². The number of alkyl halides is 1. The van der Waals surface area contributed by atoms with Gasteiger partial charge in [0.25, 0.3) is 0 Å². The Morgan fingerprint density at radius 3 is 2.83 bits per heavy atom. The molecule has 64 valence electrons. The molecule has 1 rings (SSSR count). The number of rotatable bonds is 2. The Morgan fingerprint density at radius 1 is 1.58 bits per heavy atom. The molecule has 0 unspecified atom stereocenters. The van der Waals surface area contributed by atoms with Crippen molar-refractivity contribution in [1.82, 2.24) is 0 Å². The monoisotopic (exact) mass is 187 g/mol. The van der Waals surface area contributed by atoms with Crippen LogP contribution in [0.3, 0.4) is 0 Å². The van der Waals surface area contributed by atoms with E-state index in [-0.39, 0.29) is 11.3 Å². The summed E-state index contributed by atoms with van der Waals surface area (Å²) in [6, 6.07) is 4.38. The number of hydrogen-bond donors (Lipinski definition) is 1. The van der Waals surface area contributed by atoms with Crippen LogP contribution in [-0.2, 0) is 0 Å². The standard InChI is InChI=1S/C8H7ClFNO/c9-5-1-2-7(11)6(3-5)8(12)4-10/h1-3H,4,11H2. The summed E-state index contributed by atoms with van der Waals surface area (Å²) in [5, 5.41) is 0.376. The van der Waals surface area contributed by atoms with Gasteiger partial charge in [0.05, 0.1) is 0 Å². The third-order valence-electron chi connectivity index (χ3n) is 1.44. The van der Waals surface area contributed by atoms with Crippen molar-refractivity contribution in [1.29, 1.82) is 0 Å². The van der Waals surface area contributed by atoms with E-state index in [1.54, 1.807) is 6.07 Å². The number of Topliss-reactive ketones (excluding diaryl/α,β-unsaturated/α-hetero) is 1. The lowest BCUT2D eigenvalue weighted by molar-refractivity contribution is 0.0959. The molecule has 0 spiro atoms. The molecule has 0 fully saturated rings. The fourth-order valence-corrected chi connectivity index (χ4v) is 1.01. The molecule has 0 amide bonds. The van der Waals surface area contributed by atoms with Crippen molar-refractivity contribution in [3.05, 3.63) is 28.8 Å². The number of halogens is 2. The Balaban J connectivity index is 3.13. The molecule has 0 aliphatic heterocycles. The van der Waals surface area contributed by atoms with Crippen molar-refractivity contribution in [2.45, 2.75) is 0 Å². The summed E-state index contributed by atoms with van der Waals surface area (Å²) in [5.74, 6) is -0.644. The third kappa shape index (κ3) is 1.74. The molecule has 2 N–H and O–H groups in total. The second kappa shape index (κ2) is 3.54. The van der Waals surface area contributed by atoms with Gasteiger partial charge in [0.1, 0.15) is 0 Å². The van der Waals surface area contributed by atoms with Gasteiger partial charge in [-0.3, -0.25) is 4.79 Å². The lowest BCUT2D eigenvalue weighted by Crippen LogP contribution is -2.04. The first-order chi connectivity index (χ1) is 5.65. The zero-order valence-corrected chi connectivity index (χ0v) is 6.94. The van der Waals surface area contributed by atoms with Crippen LogP contribution in [0.4, 0.5) is 10.1 Å². The first-order valence-corrected chi connectivity index (χ1v) is 3.67. The molecule has 0 aliphatic rings. The minimum atomic E-state index is -1.05. The van der Waals surface area contributed by atoms with E-state index in [2.05, 4.69) is 0 Å². The second-order valence-electron chi connectivity index (χ2n) is 2.29. The highest BCUT2D eigenvalue weighted by atomic mass is 35.5. The highest BCUT2D eigenvalue weighted by molar-refractivity contribution is 6.31. The number of ketones is 1. The zero-order chi connectivity index (χ0) is 9.14. The molecule has 1 aromatic rings. The van der Waals surface area contributed by atoms with Gasteiger partial charge < -0.3 is 5.73 Å². The van der Waals surface area contributed by atoms with Crippen LogP contribution in [0.25, 0.3) is 0 Å². The summed E-state index contributed by atoms with van der Waals surface area (Å²) in [7, 11) is 0. The average molecular weight is 188 g/mol. The molecular weight excluding hydrogens is 181 g/mol. The van der Waals surface area contributed by atoms with Gasteiger partial charge in [-0.2, -0.15) is 0 Å². The van der Waals surface area contributed by atoms with Gasteiger partial charge in [-0.05, 0) is 18.2 Å². The van der Waals surface area contributed by atoms with Crippen LogP contribution in [0.15, 0.2) is 18.2 Å². The maximum Gasteiger partial charge on any atom is 0.195 e. The number of hydrogen-bond acceptors (Lipinski definition) is 2. The Kier molecular flexibility index (Phi) is 2.65. The quantitative estimate of drug-likeness (QED) is 0.569. The van der Waals surface area contributed by atoms with Crippen LogP contribution in [0, 0.1) is 0 Å². The van der Waals surface area contributed by atoms with Crippen LogP contribution in [0.5, 0.6) is 0 Å². The summed E-state index contributed by atoms with van der Waals surface area (Å²) in [6.07, 6.45) is 0. The molecule has 0 saturated carbocycles. The molecule has 0 heterocycles. The van der Waals surface area contributed by atoms with E-state index in [0.29, 0.717) is 5.02 Å². The van der Waals surface area contributed by atoms with Crippen molar-refractivity contribution in [3.63, 3.8) is 0 Å². The van der Waals surface area contributed by atoms with Crippen molar-refractivity contribution in [2.24, 2.45) is 0 Å². The molecule has 2 nitrogen and oxygen atoms in total. The number of carbonyl (C=O) groups excluding carboxylic acids is 1. The number of anilines is 1. The first kappa shape index (κ1) is 9.00. The second-order valence-corrected chi connectivity index (χ2v) is 2.72. The molecule has 12 heavy (non-hydrogen) atoms. The summed E-state index contributed by atoms with van der Waals surface area (Å²) in [5.41, 5.74) is 5.82. The lowest BCUT2D eigenvalue weighted by atomic mass is 10.1. The maximum absolute atomic E-state index is 11.9. The minimum Gasteiger partial charge on any atom is -0.398 e. The third-order valence-corrected chi connectivity index (χ3v) is 1.67. The predicted octanol–water partition coefficient (Wildman–Crippen LogP) is 2.07. The Morgan fingerprint density at radius 2 is 2.25 bits per heavy atom. The Hall–Kier alpha value is -1.09. The molecule has 0 aromatic heterocycles. The first-order valence-electron chi connectivity index (χ1n) is 3.29. The van der Waals surface area contributed by atoms with Gasteiger partial charge in [-0.15, -0.1) is 0 Å². The molecule has 0 atom stereocenters. The van der Waals surface area contributed by atoms with Crippen LogP contribution in [-0.4, -0.2) is 12.5 Å². The summed E-state index contributed by atoms with van der Waals surface area (Å²) in [6.45, 7) is -1.05. The summed E-state index contributed by atoms with van der Waals surface area (Å²) >= 11 is 5.59. The maximum atomic E-state index is 11.9. The zero-order valence-electron chi connectivity index (χ0n) is 6.18. The van der Waals surface area contributed by atoms with E-state index >= 15 is 0 Å². The van der Waals surface area contributed by atoms with E-state index in [9.17, 15) is 9.18 Å². The smallest absolute Gasteiger partial charge is 0.195 e. The fraction of sp³-hybridized carbons (Fsp3) is 0.125. The normalized spacial score (nSPS) is 9.83. The van der Waals surface area contributed by atoms with Crippen molar-refractivity contribution in [3.8, 4) is 0 Å². The molecule has 0 bridgehead atoms.